The van der Waals surface area contributed by atoms with E-state index < -0.39 is 0 Å². The van der Waals surface area contributed by atoms with E-state index in [0.29, 0.717) is 36.9 Å². The molecule has 0 aliphatic rings. The van der Waals surface area contributed by atoms with Gasteiger partial charge in [0.15, 0.2) is 5.96 Å². The topological polar surface area (TPSA) is 56.7 Å². The largest absolute Gasteiger partial charge is 0.396 e. The third-order valence-corrected chi connectivity index (χ3v) is 3.84. The molecule has 25 heavy (non-hydrogen) atoms. The maximum atomic E-state index is 13.6. The minimum absolute atomic E-state index is 0. The number of aliphatic hydroxyl groups excluding tert-OH is 1. The van der Waals surface area contributed by atoms with Crippen LogP contribution in [0.1, 0.15) is 39.2 Å². The zero-order chi connectivity index (χ0) is 17.8. The number of rotatable bonds is 10. The van der Waals surface area contributed by atoms with Crippen molar-refractivity contribution in [2.75, 3.05) is 26.2 Å². The highest BCUT2D eigenvalue weighted by Gasteiger charge is 2.10. The number of aliphatic imine (C=N–C) groups is 1. The Kier molecular flexibility index (Phi) is 13.8. The highest BCUT2D eigenvalue weighted by Crippen LogP contribution is 2.15. The predicted octanol–water partition coefficient (Wildman–Crippen LogP) is 3.59. The maximum absolute atomic E-state index is 13.6. The predicted molar refractivity (Wildman–Crippen MR) is 114 cm³/mol. The van der Waals surface area contributed by atoms with Crippen LogP contribution < -0.4 is 10.6 Å². The number of hydrogen-bond donors (Lipinski definition) is 3. The average Bonchev–Trinajstić information content (AvgIpc) is 2.54. The van der Waals surface area contributed by atoms with Crippen molar-refractivity contribution in [2.24, 2.45) is 16.8 Å². The molecule has 1 unspecified atom stereocenters. The van der Waals surface area contributed by atoms with E-state index >= 15 is 0 Å². The van der Waals surface area contributed by atoms with E-state index in [4.69, 9.17) is 0 Å². The molecule has 0 aromatic heterocycles. The lowest BCUT2D eigenvalue weighted by Gasteiger charge is -2.17. The van der Waals surface area contributed by atoms with Crippen molar-refractivity contribution in [3.63, 3.8) is 0 Å². The molecule has 0 aliphatic heterocycles. The van der Waals surface area contributed by atoms with E-state index in [1.807, 2.05) is 13.0 Å². The monoisotopic (exact) mass is 465 g/mol. The Balaban J connectivity index is 0.00000576. The Hall–Kier alpha value is -0.890. The first-order valence-electron chi connectivity index (χ1n) is 8.93. The minimum atomic E-state index is -0.166. The van der Waals surface area contributed by atoms with Gasteiger partial charge >= 0.3 is 0 Å². The van der Waals surface area contributed by atoms with E-state index in [-0.39, 0.29) is 36.4 Å². The third kappa shape index (κ3) is 10.6. The average molecular weight is 465 g/mol. The van der Waals surface area contributed by atoms with Crippen molar-refractivity contribution in [3.05, 3.63) is 35.6 Å². The molecule has 0 saturated carbocycles. The van der Waals surface area contributed by atoms with Crippen LogP contribution in [0.5, 0.6) is 0 Å². The summed E-state index contributed by atoms with van der Waals surface area (Å²) in [6.45, 7) is 8.69. The van der Waals surface area contributed by atoms with E-state index in [9.17, 15) is 9.50 Å². The zero-order valence-electron chi connectivity index (χ0n) is 15.6. The number of benzene rings is 1. The fourth-order valence-corrected chi connectivity index (χ4v) is 2.71. The molecule has 0 bridgehead atoms. The van der Waals surface area contributed by atoms with Gasteiger partial charge in [-0.1, -0.05) is 32.0 Å². The number of aliphatic hydroxyl groups is 1. The Morgan fingerprint density at radius 1 is 1.24 bits per heavy atom. The summed E-state index contributed by atoms with van der Waals surface area (Å²) in [4.78, 5) is 4.63. The van der Waals surface area contributed by atoms with Gasteiger partial charge in [0.1, 0.15) is 5.82 Å². The van der Waals surface area contributed by atoms with Gasteiger partial charge in [-0.25, -0.2) is 4.39 Å². The molecule has 0 saturated heterocycles. The second kappa shape index (κ2) is 14.3. The van der Waals surface area contributed by atoms with Crippen molar-refractivity contribution in [3.8, 4) is 0 Å². The minimum Gasteiger partial charge on any atom is -0.396 e. The lowest BCUT2D eigenvalue weighted by molar-refractivity contribution is 0.245. The molecule has 6 heteroatoms. The molecule has 1 rings (SSSR count). The fourth-order valence-electron chi connectivity index (χ4n) is 2.71. The number of nitrogens with zero attached hydrogens (tertiary/aromatic N) is 1. The second-order valence-electron chi connectivity index (χ2n) is 6.50. The van der Waals surface area contributed by atoms with E-state index in [0.717, 1.165) is 25.3 Å². The number of nitrogens with one attached hydrogen (secondary N) is 2. The first kappa shape index (κ1) is 24.1. The summed E-state index contributed by atoms with van der Waals surface area (Å²) in [5.74, 6) is 1.56. The van der Waals surface area contributed by atoms with E-state index in [1.165, 1.54) is 6.07 Å². The molecule has 1 aromatic rings. The molecule has 0 spiro atoms. The van der Waals surface area contributed by atoms with Crippen molar-refractivity contribution < 1.29 is 9.50 Å². The molecule has 0 amide bonds. The molecule has 0 heterocycles. The summed E-state index contributed by atoms with van der Waals surface area (Å²) in [5.41, 5.74) is 0.707. The molecular formula is C19H33FIN3O. The number of guanidine groups is 1. The van der Waals surface area contributed by atoms with Crippen molar-refractivity contribution in [1.82, 2.24) is 10.6 Å². The van der Waals surface area contributed by atoms with Gasteiger partial charge in [0.2, 0.25) is 0 Å². The first-order chi connectivity index (χ1) is 11.6. The molecule has 0 aliphatic carbocycles. The van der Waals surface area contributed by atoms with Gasteiger partial charge in [0.05, 0.1) is 0 Å². The molecular weight excluding hydrogens is 432 g/mol. The van der Waals surface area contributed by atoms with Crippen LogP contribution in [0.15, 0.2) is 29.3 Å². The summed E-state index contributed by atoms with van der Waals surface area (Å²) in [7, 11) is 0. The molecule has 0 radical (unpaired) electrons. The van der Waals surface area contributed by atoms with Crippen LogP contribution in [-0.2, 0) is 6.42 Å². The highest BCUT2D eigenvalue weighted by atomic mass is 127. The third-order valence-electron chi connectivity index (χ3n) is 3.84. The van der Waals surface area contributed by atoms with Gasteiger partial charge in [-0.05, 0) is 49.7 Å². The van der Waals surface area contributed by atoms with Crippen molar-refractivity contribution >= 4 is 29.9 Å². The van der Waals surface area contributed by atoms with Crippen molar-refractivity contribution in [2.45, 2.75) is 40.0 Å². The summed E-state index contributed by atoms with van der Waals surface area (Å²) in [6.07, 6.45) is 2.44. The molecule has 1 atom stereocenters. The maximum Gasteiger partial charge on any atom is 0.191 e. The van der Waals surface area contributed by atoms with E-state index in [2.05, 4.69) is 29.5 Å². The summed E-state index contributed by atoms with van der Waals surface area (Å²) in [6, 6.07) is 6.85. The Labute approximate surface area is 168 Å². The van der Waals surface area contributed by atoms with Gasteiger partial charge in [0, 0.05) is 26.2 Å². The van der Waals surface area contributed by atoms with Gasteiger partial charge in [-0.15, -0.1) is 24.0 Å². The smallest absolute Gasteiger partial charge is 0.191 e. The first-order valence-corrected chi connectivity index (χ1v) is 8.93. The molecule has 3 N–H and O–H groups in total. The summed E-state index contributed by atoms with van der Waals surface area (Å²) >= 11 is 0. The standard InChI is InChI=1S/C19H32FN3O.HI/c1-4-21-19(23-14-16(10-12-24)13-15(2)3)22-11-9-17-7-5-6-8-18(17)20;/h5-8,15-16,24H,4,9-14H2,1-3H3,(H2,21,22,23);1H. The molecule has 0 fully saturated rings. The van der Waals surface area contributed by atoms with Gasteiger partial charge in [-0.2, -0.15) is 0 Å². The second-order valence-corrected chi connectivity index (χ2v) is 6.50. The Bertz CT molecular complexity index is 497. The SMILES string of the molecule is CCNC(=NCC(CCO)CC(C)C)NCCc1ccccc1F.I. The zero-order valence-corrected chi connectivity index (χ0v) is 17.9. The molecule has 4 nitrogen and oxygen atoms in total. The Morgan fingerprint density at radius 3 is 2.56 bits per heavy atom. The van der Waals surface area contributed by atoms with Crippen LogP contribution in [0.2, 0.25) is 0 Å². The summed E-state index contributed by atoms with van der Waals surface area (Å²) < 4.78 is 13.6. The van der Waals surface area contributed by atoms with Crippen LogP contribution in [0, 0.1) is 17.7 Å². The van der Waals surface area contributed by atoms with Crippen LogP contribution in [0.4, 0.5) is 4.39 Å². The molecule has 144 valence electrons. The van der Waals surface area contributed by atoms with Crippen molar-refractivity contribution in [1.29, 1.82) is 0 Å². The van der Waals surface area contributed by atoms with Gasteiger partial charge in [0.25, 0.3) is 0 Å². The summed E-state index contributed by atoms with van der Waals surface area (Å²) in [5, 5.41) is 15.7. The van der Waals surface area contributed by atoms with Gasteiger partial charge in [-0.3, -0.25) is 4.99 Å². The number of hydrogen-bond acceptors (Lipinski definition) is 2. The Morgan fingerprint density at radius 2 is 1.96 bits per heavy atom. The quantitative estimate of drug-likeness (QED) is 0.281. The van der Waals surface area contributed by atoms with Crippen LogP contribution in [-0.4, -0.2) is 37.3 Å². The van der Waals surface area contributed by atoms with E-state index in [1.54, 1.807) is 12.1 Å². The fraction of sp³-hybridized carbons (Fsp3) is 0.632. The number of halogens is 2. The lowest BCUT2D eigenvalue weighted by atomic mass is 9.94. The van der Waals surface area contributed by atoms with Gasteiger partial charge < -0.3 is 15.7 Å². The van der Waals surface area contributed by atoms with Crippen LogP contribution in [0.25, 0.3) is 0 Å². The normalized spacial score (nSPS) is 12.6. The van der Waals surface area contributed by atoms with Crippen LogP contribution in [0.3, 0.4) is 0 Å². The van der Waals surface area contributed by atoms with Crippen LogP contribution >= 0.6 is 24.0 Å². The highest BCUT2D eigenvalue weighted by molar-refractivity contribution is 14.0. The lowest BCUT2D eigenvalue weighted by Crippen LogP contribution is -2.38. The molecule has 1 aromatic carbocycles.